The summed E-state index contributed by atoms with van der Waals surface area (Å²) >= 11 is 0. The van der Waals surface area contributed by atoms with E-state index in [1.165, 1.54) is 0 Å². The van der Waals surface area contributed by atoms with Crippen LogP contribution in [0.1, 0.15) is 27.0 Å². The van der Waals surface area contributed by atoms with Crippen molar-refractivity contribution >= 4 is 11.8 Å². The van der Waals surface area contributed by atoms with E-state index in [9.17, 15) is 9.59 Å². The molecule has 0 aliphatic rings. The van der Waals surface area contributed by atoms with Gasteiger partial charge in [0.05, 0.1) is 6.54 Å². The van der Waals surface area contributed by atoms with Crippen LogP contribution in [0.3, 0.4) is 0 Å². The van der Waals surface area contributed by atoms with Gasteiger partial charge in [0, 0.05) is 12.1 Å². The third-order valence-corrected chi connectivity index (χ3v) is 3.30. The molecule has 2 rings (SSSR count). The molecule has 0 aromatic heterocycles. The highest BCUT2D eigenvalue weighted by Gasteiger charge is 2.07. The van der Waals surface area contributed by atoms with E-state index < -0.39 is 0 Å². The first-order valence-electron chi connectivity index (χ1n) is 7.22. The van der Waals surface area contributed by atoms with Crippen molar-refractivity contribution in [2.45, 2.75) is 20.4 Å². The summed E-state index contributed by atoms with van der Waals surface area (Å²) in [5.41, 5.74) is 3.84. The Morgan fingerprint density at radius 3 is 2.32 bits per heavy atom. The Labute approximate surface area is 130 Å². The molecule has 0 unspecified atom stereocenters. The van der Waals surface area contributed by atoms with Crippen molar-refractivity contribution in [1.82, 2.24) is 10.6 Å². The van der Waals surface area contributed by atoms with Crippen molar-refractivity contribution in [1.29, 1.82) is 0 Å². The van der Waals surface area contributed by atoms with E-state index in [4.69, 9.17) is 0 Å². The third kappa shape index (κ3) is 4.74. The number of aryl methyl sites for hydroxylation is 2. The molecule has 0 aliphatic heterocycles. The predicted octanol–water partition coefficient (Wildman–Crippen LogP) is 2.35. The Bertz CT molecular complexity index is 663. The SMILES string of the molecule is Cc1ccc(C(=O)NCC(=O)NCc2cccc(C)c2)cc1. The number of benzene rings is 2. The van der Waals surface area contributed by atoms with Crippen LogP contribution in [0.15, 0.2) is 48.5 Å². The Morgan fingerprint density at radius 1 is 0.909 bits per heavy atom. The van der Waals surface area contributed by atoms with Crippen LogP contribution in [0, 0.1) is 13.8 Å². The van der Waals surface area contributed by atoms with Gasteiger partial charge < -0.3 is 10.6 Å². The molecule has 0 fully saturated rings. The average Bonchev–Trinajstić information content (AvgIpc) is 2.51. The van der Waals surface area contributed by atoms with Gasteiger partial charge in [0.25, 0.3) is 5.91 Å². The molecule has 0 saturated heterocycles. The van der Waals surface area contributed by atoms with E-state index in [0.29, 0.717) is 12.1 Å². The van der Waals surface area contributed by atoms with Gasteiger partial charge in [-0.05, 0) is 31.5 Å². The second kappa shape index (κ2) is 7.41. The smallest absolute Gasteiger partial charge is 0.251 e. The number of hydrogen-bond acceptors (Lipinski definition) is 2. The van der Waals surface area contributed by atoms with Crippen molar-refractivity contribution in [2.24, 2.45) is 0 Å². The summed E-state index contributed by atoms with van der Waals surface area (Å²) in [6, 6.07) is 15.2. The topological polar surface area (TPSA) is 58.2 Å². The highest BCUT2D eigenvalue weighted by Crippen LogP contribution is 2.04. The first-order valence-corrected chi connectivity index (χ1v) is 7.22. The molecule has 2 aromatic carbocycles. The van der Waals surface area contributed by atoms with E-state index in [0.717, 1.165) is 16.7 Å². The summed E-state index contributed by atoms with van der Waals surface area (Å²) in [5, 5.41) is 5.40. The molecule has 4 heteroatoms. The molecule has 2 N–H and O–H groups in total. The van der Waals surface area contributed by atoms with Crippen molar-refractivity contribution in [2.75, 3.05) is 6.54 Å². The number of rotatable bonds is 5. The van der Waals surface area contributed by atoms with Gasteiger partial charge in [-0.1, -0.05) is 47.5 Å². The summed E-state index contributed by atoms with van der Waals surface area (Å²) in [5.74, 6) is -0.451. The monoisotopic (exact) mass is 296 g/mol. The average molecular weight is 296 g/mol. The van der Waals surface area contributed by atoms with Gasteiger partial charge in [-0.15, -0.1) is 0 Å². The van der Waals surface area contributed by atoms with E-state index in [-0.39, 0.29) is 18.4 Å². The van der Waals surface area contributed by atoms with Gasteiger partial charge in [-0.2, -0.15) is 0 Å². The number of hydrogen-bond donors (Lipinski definition) is 2. The first kappa shape index (κ1) is 15.8. The van der Waals surface area contributed by atoms with Gasteiger partial charge >= 0.3 is 0 Å². The molecule has 114 valence electrons. The van der Waals surface area contributed by atoms with E-state index in [1.807, 2.05) is 50.2 Å². The Morgan fingerprint density at radius 2 is 1.64 bits per heavy atom. The minimum atomic E-state index is -0.245. The highest BCUT2D eigenvalue weighted by atomic mass is 16.2. The molecule has 0 bridgehead atoms. The predicted molar refractivity (Wildman–Crippen MR) is 86.5 cm³/mol. The molecule has 0 atom stereocenters. The Balaban J connectivity index is 1.78. The lowest BCUT2D eigenvalue weighted by Gasteiger charge is -2.08. The lowest BCUT2D eigenvalue weighted by atomic mass is 10.1. The zero-order chi connectivity index (χ0) is 15.9. The molecular weight excluding hydrogens is 276 g/mol. The maximum Gasteiger partial charge on any atom is 0.251 e. The maximum atomic E-state index is 11.9. The molecule has 22 heavy (non-hydrogen) atoms. The van der Waals surface area contributed by atoms with Gasteiger partial charge in [0.15, 0.2) is 0 Å². The zero-order valence-corrected chi connectivity index (χ0v) is 12.8. The number of amides is 2. The summed E-state index contributed by atoms with van der Waals surface area (Å²) in [7, 11) is 0. The van der Waals surface area contributed by atoms with Gasteiger partial charge in [-0.3, -0.25) is 9.59 Å². The highest BCUT2D eigenvalue weighted by molar-refractivity contribution is 5.96. The van der Waals surface area contributed by atoms with Crippen LogP contribution in [0.2, 0.25) is 0 Å². The van der Waals surface area contributed by atoms with Crippen molar-refractivity contribution in [3.05, 3.63) is 70.8 Å². The Hall–Kier alpha value is -2.62. The van der Waals surface area contributed by atoms with Crippen LogP contribution in [0.25, 0.3) is 0 Å². The van der Waals surface area contributed by atoms with Crippen LogP contribution in [-0.4, -0.2) is 18.4 Å². The zero-order valence-electron chi connectivity index (χ0n) is 12.8. The van der Waals surface area contributed by atoms with Crippen molar-refractivity contribution in [3.63, 3.8) is 0 Å². The summed E-state index contributed by atoms with van der Waals surface area (Å²) in [6.45, 7) is 4.40. The second-order valence-corrected chi connectivity index (χ2v) is 5.31. The fourth-order valence-electron chi connectivity index (χ4n) is 2.05. The number of nitrogens with one attached hydrogen (secondary N) is 2. The molecule has 2 aromatic rings. The standard InChI is InChI=1S/C18H20N2O2/c1-13-6-8-16(9-7-13)18(22)20-12-17(21)19-11-15-5-3-4-14(2)10-15/h3-10H,11-12H2,1-2H3,(H,19,21)(H,20,22). The fourth-order valence-corrected chi connectivity index (χ4v) is 2.05. The molecular formula is C18H20N2O2. The molecule has 0 aliphatic carbocycles. The van der Waals surface area contributed by atoms with Gasteiger partial charge in [-0.25, -0.2) is 0 Å². The molecule has 2 amide bonds. The number of carbonyl (C=O) groups is 2. The molecule has 0 spiro atoms. The van der Waals surface area contributed by atoms with E-state index in [1.54, 1.807) is 12.1 Å². The Kier molecular flexibility index (Phi) is 5.31. The van der Waals surface area contributed by atoms with Crippen LogP contribution < -0.4 is 10.6 Å². The molecule has 0 saturated carbocycles. The summed E-state index contributed by atoms with van der Waals surface area (Å²) in [4.78, 5) is 23.7. The minimum absolute atomic E-state index is 0.0292. The van der Waals surface area contributed by atoms with E-state index >= 15 is 0 Å². The van der Waals surface area contributed by atoms with Crippen LogP contribution in [0.5, 0.6) is 0 Å². The van der Waals surface area contributed by atoms with Crippen LogP contribution >= 0.6 is 0 Å². The van der Waals surface area contributed by atoms with Crippen molar-refractivity contribution in [3.8, 4) is 0 Å². The lowest BCUT2D eigenvalue weighted by molar-refractivity contribution is -0.120. The van der Waals surface area contributed by atoms with Crippen LogP contribution in [0.4, 0.5) is 0 Å². The fraction of sp³-hybridized carbons (Fsp3) is 0.222. The first-order chi connectivity index (χ1) is 10.5. The summed E-state index contributed by atoms with van der Waals surface area (Å²) in [6.07, 6.45) is 0. The lowest BCUT2D eigenvalue weighted by Crippen LogP contribution is -2.36. The summed E-state index contributed by atoms with van der Waals surface area (Å²) < 4.78 is 0. The number of carbonyl (C=O) groups excluding carboxylic acids is 2. The second-order valence-electron chi connectivity index (χ2n) is 5.31. The van der Waals surface area contributed by atoms with Gasteiger partial charge in [0.2, 0.25) is 5.91 Å². The molecule has 0 heterocycles. The molecule has 0 radical (unpaired) electrons. The van der Waals surface area contributed by atoms with Crippen LogP contribution in [-0.2, 0) is 11.3 Å². The molecule has 4 nitrogen and oxygen atoms in total. The minimum Gasteiger partial charge on any atom is -0.350 e. The van der Waals surface area contributed by atoms with Crippen molar-refractivity contribution < 1.29 is 9.59 Å². The van der Waals surface area contributed by atoms with Gasteiger partial charge in [0.1, 0.15) is 0 Å². The normalized spacial score (nSPS) is 10.1. The maximum absolute atomic E-state index is 11.9. The third-order valence-electron chi connectivity index (χ3n) is 3.30. The quantitative estimate of drug-likeness (QED) is 0.890. The largest absolute Gasteiger partial charge is 0.350 e. The van der Waals surface area contributed by atoms with E-state index in [2.05, 4.69) is 10.6 Å².